The van der Waals surface area contributed by atoms with Crippen LogP contribution in [0.25, 0.3) is 0 Å². The fraction of sp³-hybridized carbons (Fsp3) is 0.682. The Morgan fingerprint density at radius 3 is 2.66 bits per heavy atom. The second-order valence-corrected chi connectivity index (χ2v) is 7.20. The van der Waals surface area contributed by atoms with Gasteiger partial charge in [-0.1, -0.05) is 6.07 Å². The van der Waals surface area contributed by atoms with Gasteiger partial charge in [0.05, 0.1) is 13.2 Å². The second kappa shape index (κ2) is 17.1. The maximum Gasteiger partial charge on any atom is 0.387 e. The molecular formula is C22H36F2IN3O4. The van der Waals surface area contributed by atoms with Crippen LogP contribution in [-0.2, 0) is 16.0 Å². The lowest BCUT2D eigenvalue weighted by atomic mass is 10.0. The van der Waals surface area contributed by atoms with E-state index in [9.17, 15) is 8.78 Å². The summed E-state index contributed by atoms with van der Waals surface area (Å²) in [6.07, 6.45) is 3.03. The summed E-state index contributed by atoms with van der Waals surface area (Å²) in [7, 11) is 0. The predicted molar refractivity (Wildman–Crippen MR) is 131 cm³/mol. The van der Waals surface area contributed by atoms with Crippen LogP contribution in [0.2, 0.25) is 0 Å². The van der Waals surface area contributed by atoms with Gasteiger partial charge < -0.3 is 29.6 Å². The molecule has 10 heteroatoms. The standard InChI is InChI=1S/C22H35F2N3O4.HI/c1-3-25-22(26-10-5-11-29-16-17-8-12-28-13-9-17)27-15-18-6-7-19(31-21(23)24)20(14-18)30-4-2;/h6-7,14,17,21H,3-5,8-13,15-16H2,1-2H3,(H2,25,26,27);1H. The number of benzene rings is 1. The molecule has 0 amide bonds. The van der Waals surface area contributed by atoms with Gasteiger partial charge in [0.15, 0.2) is 17.5 Å². The van der Waals surface area contributed by atoms with Crippen molar-refractivity contribution >= 4 is 29.9 Å². The fourth-order valence-electron chi connectivity index (χ4n) is 3.17. The summed E-state index contributed by atoms with van der Waals surface area (Å²) in [5.74, 6) is 1.61. The number of nitrogens with zero attached hydrogens (tertiary/aromatic N) is 1. The van der Waals surface area contributed by atoms with Gasteiger partial charge in [-0.15, -0.1) is 24.0 Å². The predicted octanol–water partition coefficient (Wildman–Crippen LogP) is 4.19. The van der Waals surface area contributed by atoms with Gasteiger partial charge in [0.25, 0.3) is 0 Å². The summed E-state index contributed by atoms with van der Waals surface area (Å²) in [6, 6.07) is 4.87. The molecule has 1 aromatic carbocycles. The Hall–Kier alpha value is -1.40. The zero-order valence-electron chi connectivity index (χ0n) is 18.9. The van der Waals surface area contributed by atoms with E-state index in [1.807, 2.05) is 6.92 Å². The smallest absolute Gasteiger partial charge is 0.387 e. The Labute approximate surface area is 206 Å². The summed E-state index contributed by atoms with van der Waals surface area (Å²) >= 11 is 0. The molecule has 0 aromatic heterocycles. The molecule has 1 heterocycles. The van der Waals surface area contributed by atoms with Crippen molar-refractivity contribution in [1.82, 2.24) is 10.6 Å². The Bertz CT molecular complexity index is 662. The van der Waals surface area contributed by atoms with E-state index in [-0.39, 0.29) is 35.5 Å². The molecular weight excluding hydrogens is 535 g/mol. The van der Waals surface area contributed by atoms with Crippen LogP contribution in [0.3, 0.4) is 0 Å². The highest BCUT2D eigenvalue weighted by molar-refractivity contribution is 14.0. The van der Waals surface area contributed by atoms with Crippen LogP contribution in [-0.4, -0.2) is 58.7 Å². The largest absolute Gasteiger partial charge is 0.490 e. The SMILES string of the molecule is CCNC(=NCc1ccc(OC(F)F)c(OCC)c1)NCCCOCC1CCOCC1.I. The van der Waals surface area contributed by atoms with Crippen LogP contribution in [0.4, 0.5) is 8.78 Å². The summed E-state index contributed by atoms with van der Waals surface area (Å²) < 4.78 is 46.1. The zero-order chi connectivity index (χ0) is 22.3. The monoisotopic (exact) mass is 571 g/mol. The van der Waals surface area contributed by atoms with Gasteiger partial charge in [-0.2, -0.15) is 8.78 Å². The molecule has 0 saturated carbocycles. The van der Waals surface area contributed by atoms with Gasteiger partial charge in [0.2, 0.25) is 0 Å². The van der Waals surface area contributed by atoms with Crippen LogP contribution >= 0.6 is 24.0 Å². The third kappa shape index (κ3) is 11.5. The second-order valence-electron chi connectivity index (χ2n) is 7.20. The molecule has 1 aliphatic rings. The minimum atomic E-state index is -2.90. The van der Waals surface area contributed by atoms with Crippen LogP contribution < -0.4 is 20.1 Å². The van der Waals surface area contributed by atoms with E-state index in [0.29, 0.717) is 31.6 Å². The molecule has 1 aromatic rings. The highest BCUT2D eigenvalue weighted by Gasteiger charge is 2.13. The van der Waals surface area contributed by atoms with E-state index in [4.69, 9.17) is 14.2 Å². The van der Waals surface area contributed by atoms with Gasteiger partial charge in [-0.05, 0) is 56.7 Å². The molecule has 0 bridgehead atoms. The number of hydrogen-bond acceptors (Lipinski definition) is 5. The van der Waals surface area contributed by atoms with Crippen molar-refractivity contribution < 1.29 is 27.7 Å². The Balaban J connectivity index is 0.00000512. The van der Waals surface area contributed by atoms with Gasteiger partial charge in [0, 0.05) is 39.5 Å². The van der Waals surface area contributed by atoms with Crippen molar-refractivity contribution in [2.75, 3.05) is 46.1 Å². The molecule has 32 heavy (non-hydrogen) atoms. The molecule has 1 aliphatic heterocycles. The molecule has 184 valence electrons. The molecule has 0 radical (unpaired) electrons. The summed E-state index contributed by atoms with van der Waals surface area (Å²) in [4.78, 5) is 4.56. The molecule has 0 unspecified atom stereocenters. The number of aliphatic imine (C=N–C) groups is 1. The number of ether oxygens (including phenoxy) is 4. The van der Waals surface area contributed by atoms with Crippen molar-refractivity contribution in [2.45, 2.75) is 46.3 Å². The van der Waals surface area contributed by atoms with E-state index in [1.165, 1.54) is 6.07 Å². The Morgan fingerprint density at radius 1 is 1.19 bits per heavy atom. The number of halogens is 3. The maximum atomic E-state index is 12.5. The number of hydrogen-bond donors (Lipinski definition) is 2. The van der Waals surface area contributed by atoms with Crippen molar-refractivity contribution in [2.24, 2.45) is 10.9 Å². The van der Waals surface area contributed by atoms with Gasteiger partial charge in [-0.3, -0.25) is 0 Å². The molecule has 2 rings (SSSR count). The third-order valence-electron chi connectivity index (χ3n) is 4.74. The van der Waals surface area contributed by atoms with E-state index in [0.717, 1.165) is 57.7 Å². The van der Waals surface area contributed by atoms with Crippen LogP contribution in [0.15, 0.2) is 23.2 Å². The lowest BCUT2D eigenvalue weighted by Crippen LogP contribution is -2.38. The quantitative estimate of drug-likeness (QED) is 0.160. The van der Waals surface area contributed by atoms with Gasteiger partial charge in [-0.25, -0.2) is 4.99 Å². The lowest BCUT2D eigenvalue weighted by Gasteiger charge is -2.21. The molecule has 0 spiro atoms. The van der Waals surface area contributed by atoms with E-state index >= 15 is 0 Å². The maximum absolute atomic E-state index is 12.5. The van der Waals surface area contributed by atoms with E-state index in [2.05, 4.69) is 20.4 Å². The normalized spacial score (nSPS) is 14.7. The summed E-state index contributed by atoms with van der Waals surface area (Å²) in [6.45, 7) is 6.28. The van der Waals surface area contributed by atoms with Gasteiger partial charge in [0.1, 0.15) is 0 Å². The minimum Gasteiger partial charge on any atom is -0.490 e. The van der Waals surface area contributed by atoms with E-state index in [1.54, 1.807) is 19.1 Å². The first-order valence-electron chi connectivity index (χ1n) is 11.0. The molecule has 1 saturated heterocycles. The topological polar surface area (TPSA) is 73.3 Å². The van der Waals surface area contributed by atoms with Crippen LogP contribution in [0.1, 0.15) is 38.7 Å². The zero-order valence-corrected chi connectivity index (χ0v) is 21.2. The molecule has 7 nitrogen and oxygen atoms in total. The Morgan fingerprint density at radius 2 is 1.97 bits per heavy atom. The average Bonchev–Trinajstić information content (AvgIpc) is 2.76. The van der Waals surface area contributed by atoms with Gasteiger partial charge >= 0.3 is 6.61 Å². The number of nitrogens with one attached hydrogen (secondary N) is 2. The van der Waals surface area contributed by atoms with Crippen LogP contribution in [0.5, 0.6) is 11.5 Å². The first-order chi connectivity index (χ1) is 15.1. The first-order valence-corrected chi connectivity index (χ1v) is 11.0. The summed E-state index contributed by atoms with van der Waals surface area (Å²) in [5, 5.41) is 6.49. The number of rotatable bonds is 13. The molecule has 0 atom stereocenters. The summed E-state index contributed by atoms with van der Waals surface area (Å²) in [5.41, 5.74) is 0.835. The van der Waals surface area contributed by atoms with Crippen molar-refractivity contribution in [3.63, 3.8) is 0 Å². The number of alkyl halides is 2. The minimum absolute atomic E-state index is 0. The molecule has 1 fully saturated rings. The average molecular weight is 571 g/mol. The highest BCUT2D eigenvalue weighted by atomic mass is 127. The highest BCUT2D eigenvalue weighted by Crippen LogP contribution is 2.30. The van der Waals surface area contributed by atoms with Crippen LogP contribution in [0, 0.1) is 5.92 Å². The fourth-order valence-corrected chi connectivity index (χ4v) is 3.17. The Kier molecular flexibility index (Phi) is 15.3. The van der Waals surface area contributed by atoms with Crippen molar-refractivity contribution in [1.29, 1.82) is 0 Å². The number of guanidine groups is 1. The molecule has 0 aliphatic carbocycles. The lowest BCUT2D eigenvalue weighted by molar-refractivity contribution is -0.0514. The first kappa shape index (κ1) is 28.6. The third-order valence-corrected chi connectivity index (χ3v) is 4.74. The van der Waals surface area contributed by atoms with E-state index < -0.39 is 6.61 Å². The molecule has 2 N–H and O–H groups in total. The van der Waals surface area contributed by atoms with Crippen molar-refractivity contribution in [3.8, 4) is 11.5 Å². The van der Waals surface area contributed by atoms with Crippen molar-refractivity contribution in [3.05, 3.63) is 23.8 Å².